The van der Waals surface area contributed by atoms with Gasteiger partial charge in [-0.15, -0.1) is 0 Å². The number of carboxylic acids is 1. The van der Waals surface area contributed by atoms with E-state index in [0.717, 1.165) is 59.7 Å². The molecule has 4 aliphatic carbocycles. The van der Waals surface area contributed by atoms with Gasteiger partial charge in [-0.25, -0.2) is 0 Å². The van der Waals surface area contributed by atoms with Gasteiger partial charge >= 0.3 is 5.97 Å². The summed E-state index contributed by atoms with van der Waals surface area (Å²) >= 11 is 0. The number of fused-ring (bicyclic) bond motifs is 5. The molecule has 2 heteroatoms. The van der Waals surface area contributed by atoms with Gasteiger partial charge in [-0.3, -0.25) is 4.79 Å². The van der Waals surface area contributed by atoms with Crippen molar-refractivity contribution in [2.75, 3.05) is 0 Å². The van der Waals surface area contributed by atoms with Gasteiger partial charge < -0.3 is 5.11 Å². The van der Waals surface area contributed by atoms with Crippen LogP contribution in [0.3, 0.4) is 0 Å². The van der Waals surface area contributed by atoms with E-state index >= 15 is 0 Å². The lowest BCUT2D eigenvalue weighted by Crippen LogP contribution is -2.53. The number of aliphatic carboxylic acids is 1. The zero-order valence-corrected chi connectivity index (χ0v) is 19.0. The normalized spacial score (nSPS) is 51.7. The number of rotatable bonds is 4. The minimum atomic E-state index is -0.622. The van der Waals surface area contributed by atoms with E-state index in [1.165, 1.54) is 44.9 Å². The molecule has 4 fully saturated rings. The molecule has 0 aromatic rings. The maximum Gasteiger partial charge on any atom is 0.303 e. The molecule has 0 bridgehead atoms. The number of hydrogen-bond donors (Lipinski definition) is 1. The maximum atomic E-state index is 11.1. The molecule has 0 aliphatic heterocycles. The predicted molar refractivity (Wildman–Crippen MR) is 115 cm³/mol. The van der Waals surface area contributed by atoms with E-state index in [1.54, 1.807) is 0 Å². The van der Waals surface area contributed by atoms with Crippen molar-refractivity contribution in [2.24, 2.45) is 64.6 Å². The first-order valence-electron chi connectivity index (χ1n) is 12.4. The highest BCUT2D eigenvalue weighted by atomic mass is 16.4. The van der Waals surface area contributed by atoms with Crippen molar-refractivity contribution in [3.63, 3.8) is 0 Å². The molecule has 11 unspecified atom stereocenters. The first-order chi connectivity index (χ1) is 13.2. The minimum Gasteiger partial charge on any atom is -0.481 e. The van der Waals surface area contributed by atoms with Gasteiger partial charge in [-0.05, 0) is 116 Å². The van der Waals surface area contributed by atoms with Crippen molar-refractivity contribution in [2.45, 2.75) is 92.4 Å². The van der Waals surface area contributed by atoms with Gasteiger partial charge in [0.2, 0.25) is 0 Å². The zero-order valence-electron chi connectivity index (χ0n) is 19.0. The smallest absolute Gasteiger partial charge is 0.303 e. The molecule has 0 aromatic carbocycles. The second kappa shape index (κ2) is 7.62. The van der Waals surface area contributed by atoms with Crippen molar-refractivity contribution in [1.29, 1.82) is 0 Å². The molecule has 0 aromatic heterocycles. The van der Waals surface area contributed by atoms with E-state index in [4.69, 9.17) is 5.11 Å². The van der Waals surface area contributed by atoms with E-state index in [2.05, 4.69) is 34.6 Å². The Morgan fingerprint density at radius 1 is 1.04 bits per heavy atom. The van der Waals surface area contributed by atoms with Crippen molar-refractivity contribution in [3.05, 3.63) is 0 Å². The van der Waals surface area contributed by atoms with Crippen LogP contribution in [-0.4, -0.2) is 11.1 Å². The van der Waals surface area contributed by atoms with E-state index in [0.29, 0.717) is 17.8 Å². The third-order valence-corrected chi connectivity index (χ3v) is 10.5. The van der Waals surface area contributed by atoms with Gasteiger partial charge in [0.05, 0.1) is 0 Å². The van der Waals surface area contributed by atoms with E-state index in [1.807, 2.05) is 0 Å². The third-order valence-electron chi connectivity index (χ3n) is 10.5. The number of carbonyl (C=O) groups is 1. The summed E-state index contributed by atoms with van der Waals surface area (Å²) in [5.41, 5.74) is 0.464. The largest absolute Gasteiger partial charge is 0.481 e. The number of carboxylic acid groups (broad SMARTS) is 1. The molecule has 0 amide bonds. The molecular weight excluding hydrogens is 344 g/mol. The second-order valence-electron chi connectivity index (χ2n) is 12.1. The average Bonchev–Trinajstić information content (AvgIpc) is 2.96. The maximum absolute atomic E-state index is 11.1. The van der Waals surface area contributed by atoms with E-state index in [9.17, 15) is 4.79 Å². The lowest BCUT2D eigenvalue weighted by molar-refractivity contribution is -0.137. The Morgan fingerprint density at radius 3 is 2.46 bits per heavy atom. The highest BCUT2D eigenvalue weighted by Crippen LogP contribution is 2.67. The Hall–Kier alpha value is -0.530. The van der Waals surface area contributed by atoms with Gasteiger partial charge in [-0.2, -0.15) is 0 Å². The molecule has 28 heavy (non-hydrogen) atoms. The monoisotopic (exact) mass is 388 g/mol. The second-order valence-corrected chi connectivity index (χ2v) is 12.1. The lowest BCUT2D eigenvalue weighted by Gasteiger charge is -2.60. The molecule has 4 rings (SSSR count). The molecule has 4 aliphatic rings. The van der Waals surface area contributed by atoms with Crippen LogP contribution in [0.15, 0.2) is 0 Å². The summed E-state index contributed by atoms with van der Waals surface area (Å²) in [5.74, 6) is 8.21. The van der Waals surface area contributed by atoms with Crippen molar-refractivity contribution in [1.82, 2.24) is 0 Å². The van der Waals surface area contributed by atoms with Gasteiger partial charge in [0.15, 0.2) is 0 Å². The van der Waals surface area contributed by atoms with Crippen molar-refractivity contribution < 1.29 is 9.90 Å². The average molecular weight is 389 g/mol. The van der Waals surface area contributed by atoms with Crippen LogP contribution in [0.25, 0.3) is 0 Å². The Morgan fingerprint density at radius 2 is 1.75 bits per heavy atom. The molecule has 0 radical (unpaired) electrons. The van der Waals surface area contributed by atoms with Gasteiger partial charge in [0.25, 0.3) is 0 Å². The fraction of sp³-hybridized carbons (Fsp3) is 0.962. The van der Waals surface area contributed by atoms with Gasteiger partial charge in [0.1, 0.15) is 0 Å². The van der Waals surface area contributed by atoms with E-state index in [-0.39, 0.29) is 0 Å². The summed E-state index contributed by atoms with van der Waals surface area (Å²) in [6.07, 6.45) is 11.2. The Bertz CT molecular complexity index is 585. The van der Waals surface area contributed by atoms with Crippen LogP contribution in [-0.2, 0) is 4.79 Å². The summed E-state index contributed by atoms with van der Waals surface area (Å²) in [7, 11) is 0. The third kappa shape index (κ3) is 3.35. The van der Waals surface area contributed by atoms with E-state index < -0.39 is 5.97 Å². The molecule has 0 saturated heterocycles. The Labute approximate surface area is 173 Å². The molecule has 0 spiro atoms. The highest BCUT2D eigenvalue weighted by Gasteiger charge is 2.59. The van der Waals surface area contributed by atoms with Crippen LogP contribution in [0.2, 0.25) is 0 Å². The SMILES string of the molecule is CC1CC(C)C2C(C1)CC(C)C1C2CCC2(C)C(C(C)CCC(=O)O)CCC12. The van der Waals surface area contributed by atoms with Crippen LogP contribution in [0, 0.1) is 64.6 Å². The van der Waals surface area contributed by atoms with Crippen LogP contribution in [0.5, 0.6) is 0 Å². The molecule has 160 valence electrons. The Balaban J connectivity index is 1.54. The van der Waals surface area contributed by atoms with Crippen LogP contribution >= 0.6 is 0 Å². The van der Waals surface area contributed by atoms with Crippen LogP contribution in [0.1, 0.15) is 92.4 Å². The number of hydrogen-bond acceptors (Lipinski definition) is 1. The molecule has 0 heterocycles. The fourth-order valence-electron chi connectivity index (χ4n) is 9.71. The summed E-state index contributed by atoms with van der Waals surface area (Å²) in [5, 5.41) is 9.14. The quantitative estimate of drug-likeness (QED) is 0.569. The van der Waals surface area contributed by atoms with Gasteiger partial charge in [0, 0.05) is 6.42 Å². The van der Waals surface area contributed by atoms with Gasteiger partial charge in [-0.1, -0.05) is 34.6 Å². The van der Waals surface area contributed by atoms with Crippen LogP contribution < -0.4 is 0 Å². The first-order valence-corrected chi connectivity index (χ1v) is 12.4. The molecular formula is C26H44O2. The summed E-state index contributed by atoms with van der Waals surface area (Å²) in [4.78, 5) is 11.1. The fourth-order valence-corrected chi connectivity index (χ4v) is 9.71. The Kier molecular flexibility index (Phi) is 5.64. The molecule has 1 N–H and O–H groups in total. The summed E-state index contributed by atoms with van der Waals surface area (Å²) in [6, 6.07) is 0. The predicted octanol–water partition coefficient (Wildman–Crippen LogP) is 6.88. The molecule has 2 nitrogen and oxygen atoms in total. The standard InChI is InChI=1S/C26H44O2/c1-15-12-17(3)24-19(13-15)14-18(4)25-20(24)10-11-26(5)21(7-8-22(25)26)16(2)6-9-23(27)28/h15-22,24-25H,6-14H2,1-5H3,(H,27,28). The highest BCUT2D eigenvalue weighted by molar-refractivity contribution is 5.66. The summed E-state index contributed by atoms with van der Waals surface area (Å²) in [6.45, 7) is 12.6. The van der Waals surface area contributed by atoms with Crippen LogP contribution in [0.4, 0.5) is 0 Å². The molecule has 4 saturated carbocycles. The first kappa shape index (κ1) is 20.7. The lowest BCUT2D eigenvalue weighted by atomic mass is 9.45. The molecule has 11 atom stereocenters. The topological polar surface area (TPSA) is 37.3 Å². The zero-order chi connectivity index (χ0) is 20.2. The minimum absolute atomic E-state index is 0.348. The van der Waals surface area contributed by atoms with Crippen molar-refractivity contribution in [3.8, 4) is 0 Å². The summed E-state index contributed by atoms with van der Waals surface area (Å²) < 4.78 is 0. The van der Waals surface area contributed by atoms with Crippen molar-refractivity contribution >= 4 is 5.97 Å².